The molecule has 0 radical (unpaired) electrons. The number of ether oxygens (including phenoxy) is 1. The molecule has 2 aromatic carbocycles. The fourth-order valence-electron chi connectivity index (χ4n) is 3.92. The normalized spacial score (nSPS) is 14.0. The molecule has 0 fully saturated rings. The number of hydrogen-bond donors (Lipinski definition) is 2. The third kappa shape index (κ3) is 4.71. The van der Waals surface area contributed by atoms with E-state index in [1.54, 1.807) is 25.3 Å². The van der Waals surface area contributed by atoms with Crippen molar-refractivity contribution < 1.29 is 18.7 Å². The fraction of sp³-hybridized carbons (Fsp3) is 0.240. The van der Waals surface area contributed by atoms with E-state index in [4.69, 9.17) is 9.15 Å². The zero-order valence-corrected chi connectivity index (χ0v) is 20.2. The molecule has 2 amide bonds. The Morgan fingerprint density at radius 3 is 2.64 bits per heavy atom. The first-order chi connectivity index (χ1) is 15.9. The summed E-state index contributed by atoms with van der Waals surface area (Å²) in [6, 6.07) is 12.7. The summed E-state index contributed by atoms with van der Waals surface area (Å²) < 4.78 is 12.0. The molecule has 1 aliphatic rings. The molecule has 1 aliphatic carbocycles. The number of nitrogens with zero attached hydrogens (tertiary/aromatic N) is 1. The molecule has 7 nitrogen and oxygen atoms in total. The van der Waals surface area contributed by atoms with Crippen molar-refractivity contribution in [2.75, 3.05) is 12.4 Å². The van der Waals surface area contributed by atoms with E-state index in [0.717, 1.165) is 17.5 Å². The van der Waals surface area contributed by atoms with Crippen LogP contribution in [0.1, 0.15) is 56.2 Å². The van der Waals surface area contributed by atoms with Crippen LogP contribution in [0.15, 0.2) is 56.5 Å². The van der Waals surface area contributed by atoms with Crippen molar-refractivity contribution in [3.8, 4) is 5.75 Å². The van der Waals surface area contributed by atoms with Gasteiger partial charge in [-0.3, -0.25) is 9.59 Å². The second kappa shape index (κ2) is 9.62. The standard InChI is InChI=1S/C25H24BrN3O4/c1-14-11-12-20(32-3)19(13-14)27-25(31)23-15(2)22-18(9-6-10-21(22)33-23)28-29-24(30)16-7-4-5-8-17(16)26/h4-5,7-8,11-13H,6,9-10H2,1-3H3,(H,27,31)(H,29,30)/b28-18+. The number of hydrazone groups is 1. The minimum atomic E-state index is -0.359. The molecule has 0 aliphatic heterocycles. The molecule has 33 heavy (non-hydrogen) atoms. The maximum Gasteiger partial charge on any atom is 0.291 e. The van der Waals surface area contributed by atoms with E-state index in [-0.39, 0.29) is 17.6 Å². The molecule has 0 unspecified atom stereocenters. The maximum absolute atomic E-state index is 13.1. The van der Waals surface area contributed by atoms with Crippen LogP contribution in [0.25, 0.3) is 0 Å². The molecule has 1 aromatic heterocycles. The van der Waals surface area contributed by atoms with Gasteiger partial charge in [0.1, 0.15) is 11.5 Å². The number of fused-ring (bicyclic) bond motifs is 1. The number of halogens is 1. The quantitative estimate of drug-likeness (QED) is 0.450. The Bertz CT molecular complexity index is 1260. The Morgan fingerprint density at radius 2 is 1.88 bits per heavy atom. The zero-order chi connectivity index (χ0) is 23.5. The molecular formula is C25H24BrN3O4. The van der Waals surface area contributed by atoms with Crippen molar-refractivity contribution >= 4 is 39.1 Å². The highest BCUT2D eigenvalue weighted by Crippen LogP contribution is 2.32. The predicted octanol–water partition coefficient (Wildman–Crippen LogP) is 5.39. The summed E-state index contributed by atoms with van der Waals surface area (Å²) in [4.78, 5) is 25.6. The summed E-state index contributed by atoms with van der Waals surface area (Å²) in [6.45, 7) is 3.78. The van der Waals surface area contributed by atoms with Gasteiger partial charge in [-0.2, -0.15) is 5.10 Å². The van der Waals surface area contributed by atoms with Crippen LogP contribution in [-0.2, 0) is 6.42 Å². The second-order valence-corrected chi connectivity index (χ2v) is 8.70. The topological polar surface area (TPSA) is 92.9 Å². The van der Waals surface area contributed by atoms with Crippen molar-refractivity contribution in [1.82, 2.24) is 5.43 Å². The van der Waals surface area contributed by atoms with Gasteiger partial charge < -0.3 is 14.5 Å². The van der Waals surface area contributed by atoms with E-state index in [1.165, 1.54) is 0 Å². The number of carbonyl (C=O) groups excluding carboxylic acids is 2. The first kappa shape index (κ1) is 22.8. The highest BCUT2D eigenvalue weighted by Gasteiger charge is 2.28. The summed E-state index contributed by atoms with van der Waals surface area (Å²) in [5, 5.41) is 7.27. The fourth-order valence-corrected chi connectivity index (χ4v) is 4.38. The highest BCUT2D eigenvalue weighted by molar-refractivity contribution is 9.10. The Morgan fingerprint density at radius 1 is 1.09 bits per heavy atom. The van der Waals surface area contributed by atoms with E-state index in [9.17, 15) is 9.59 Å². The summed E-state index contributed by atoms with van der Waals surface area (Å²) in [7, 11) is 1.56. The van der Waals surface area contributed by atoms with Crippen LogP contribution in [-0.4, -0.2) is 24.6 Å². The van der Waals surface area contributed by atoms with Crippen LogP contribution in [0.5, 0.6) is 5.75 Å². The van der Waals surface area contributed by atoms with E-state index in [0.29, 0.717) is 51.4 Å². The number of amides is 2. The lowest BCUT2D eigenvalue weighted by Crippen LogP contribution is -2.22. The number of hydrogen-bond acceptors (Lipinski definition) is 5. The van der Waals surface area contributed by atoms with Crippen molar-refractivity contribution in [2.45, 2.75) is 33.1 Å². The van der Waals surface area contributed by atoms with E-state index in [2.05, 4.69) is 31.8 Å². The van der Waals surface area contributed by atoms with E-state index < -0.39 is 0 Å². The smallest absolute Gasteiger partial charge is 0.291 e. The number of anilines is 1. The molecule has 0 saturated heterocycles. The summed E-state index contributed by atoms with van der Waals surface area (Å²) >= 11 is 3.38. The molecule has 1 heterocycles. The molecule has 2 N–H and O–H groups in total. The van der Waals surface area contributed by atoms with Gasteiger partial charge in [-0.05, 0) is 72.4 Å². The average molecular weight is 510 g/mol. The van der Waals surface area contributed by atoms with Gasteiger partial charge in [-0.1, -0.05) is 18.2 Å². The second-order valence-electron chi connectivity index (χ2n) is 7.85. The van der Waals surface area contributed by atoms with Gasteiger partial charge in [-0.15, -0.1) is 0 Å². The minimum absolute atomic E-state index is 0.232. The molecule has 8 heteroatoms. The third-order valence-electron chi connectivity index (χ3n) is 5.55. The first-order valence-electron chi connectivity index (χ1n) is 10.6. The summed E-state index contributed by atoms with van der Waals surface area (Å²) in [5.41, 5.74) is 6.89. The monoisotopic (exact) mass is 509 g/mol. The third-order valence-corrected chi connectivity index (χ3v) is 6.24. The number of methoxy groups -OCH3 is 1. The van der Waals surface area contributed by atoms with Gasteiger partial charge in [0, 0.05) is 22.0 Å². The Labute approximate surface area is 200 Å². The number of aryl methyl sites for hydroxylation is 2. The lowest BCUT2D eigenvalue weighted by atomic mass is 9.93. The van der Waals surface area contributed by atoms with Crippen molar-refractivity contribution in [3.05, 3.63) is 80.7 Å². The van der Waals surface area contributed by atoms with Crippen molar-refractivity contribution in [2.24, 2.45) is 5.10 Å². The van der Waals surface area contributed by atoms with Gasteiger partial charge >= 0.3 is 0 Å². The van der Waals surface area contributed by atoms with E-state index >= 15 is 0 Å². The van der Waals surface area contributed by atoms with E-state index in [1.807, 2.05) is 38.1 Å². The van der Waals surface area contributed by atoms with Crippen molar-refractivity contribution in [1.29, 1.82) is 0 Å². The first-order valence-corrected chi connectivity index (χ1v) is 11.4. The van der Waals surface area contributed by atoms with Crippen LogP contribution in [0.4, 0.5) is 5.69 Å². The van der Waals surface area contributed by atoms with Gasteiger partial charge in [-0.25, -0.2) is 5.43 Å². The van der Waals surface area contributed by atoms with Crippen LogP contribution in [0, 0.1) is 13.8 Å². The molecular weight excluding hydrogens is 486 g/mol. The van der Waals surface area contributed by atoms with Gasteiger partial charge in [0.25, 0.3) is 11.8 Å². The highest BCUT2D eigenvalue weighted by atomic mass is 79.9. The maximum atomic E-state index is 13.1. The molecule has 0 spiro atoms. The molecule has 4 rings (SSSR count). The Kier molecular flexibility index (Phi) is 6.65. The van der Waals surface area contributed by atoms with Crippen LogP contribution in [0.2, 0.25) is 0 Å². The van der Waals surface area contributed by atoms with Gasteiger partial charge in [0.2, 0.25) is 0 Å². The largest absolute Gasteiger partial charge is 0.495 e. The number of nitrogens with one attached hydrogen (secondary N) is 2. The number of benzene rings is 2. The number of carbonyl (C=O) groups is 2. The van der Waals surface area contributed by atoms with Gasteiger partial charge in [0.05, 0.1) is 24.1 Å². The molecule has 0 atom stereocenters. The summed E-state index contributed by atoms with van der Waals surface area (Å²) in [6.07, 6.45) is 2.20. The predicted molar refractivity (Wildman–Crippen MR) is 130 cm³/mol. The Hall–Kier alpha value is -3.39. The lowest BCUT2D eigenvalue weighted by Gasteiger charge is -2.13. The van der Waals surface area contributed by atoms with Crippen molar-refractivity contribution in [3.63, 3.8) is 0 Å². The van der Waals surface area contributed by atoms with Crippen LogP contribution in [0.3, 0.4) is 0 Å². The summed E-state index contributed by atoms with van der Waals surface area (Å²) in [5.74, 6) is 0.833. The SMILES string of the molecule is COc1ccc(C)cc1NC(=O)c1oc2c(c1C)/C(=N/NC(=O)c1ccccc1Br)CCC2. The molecule has 170 valence electrons. The molecule has 0 bridgehead atoms. The average Bonchev–Trinajstić information content (AvgIpc) is 3.15. The number of furan rings is 1. The molecule has 0 saturated carbocycles. The number of rotatable bonds is 5. The van der Waals surface area contributed by atoms with Crippen LogP contribution >= 0.6 is 15.9 Å². The van der Waals surface area contributed by atoms with Gasteiger partial charge in [0.15, 0.2) is 5.76 Å². The zero-order valence-electron chi connectivity index (χ0n) is 18.6. The minimum Gasteiger partial charge on any atom is -0.495 e. The molecule has 3 aromatic rings. The Balaban J connectivity index is 1.59. The van der Waals surface area contributed by atoms with Crippen LogP contribution < -0.4 is 15.5 Å². The lowest BCUT2D eigenvalue weighted by molar-refractivity contribution is 0.0952.